The molecule has 1 aliphatic heterocycles. The Labute approximate surface area is 119 Å². The molecule has 0 atom stereocenters. The Morgan fingerprint density at radius 2 is 1.68 bits per heavy atom. The Morgan fingerprint density at radius 3 is 2.16 bits per heavy atom. The highest BCUT2D eigenvalue weighted by atomic mass is 35.5. The highest BCUT2D eigenvalue weighted by Crippen LogP contribution is 2.37. The van der Waals surface area contributed by atoms with Gasteiger partial charge in [0.15, 0.2) is 5.78 Å². The van der Waals surface area contributed by atoms with Gasteiger partial charge in [0.2, 0.25) is 0 Å². The van der Waals surface area contributed by atoms with E-state index in [0.29, 0.717) is 16.0 Å². The van der Waals surface area contributed by atoms with Crippen molar-refractivity contribution in [2.24, 2.45) is 0 Å². The molecule has 5 heteroatoms. The monoisotopic (exact) mass is 280 g/mol. The van der Waals surface area contributed by atoms with Crippen molar-refractivity contribution in [2.45, 2.75) is 45.8 Å². The van der Waals surface area contributed by atoms with Gasteiger partial charge >= 0.3 is 7.12 Å². The van der Waals surface area contributed by atoms with Crippen LogP contribution in [0.1, 0.15) is 45.0 Å². The van der Waals surface area contributed by atoms with Gasteiger partial charge in [-0.1, -0.05) is 23.7 Å². The largest absolute Gasteiger partial charge is 0.497 e. The van der Waals surface area contributed by atoms with Crippen molar-refractivity contribution in [3.05, 3.63) is 28.8 Å². The second-order valence-electron chi connectivity index (χ2n) is 5.85. The van der Waals surface area contributed by atoms with Crippen molar-refractivity contribution in [1.82, 2.24) is 0 Å². The summed E-state index contributed by atoms with van der Waals surface area (Å²) in [6.45, 7) is 9.39. The molecule has 0 saturated carbocycles. The molecule has 0 N–H and O–H groups in total. The van der Waals surface area contributed by atoms with Crippen LogP contribution in [0.15, 0.2) is 18.2 Å². The SMILES string of the molecule is CC(=O)c1cccc(Cl)c1B1OC(C)(C)C(C)(C)O1. The van der Waals surface area contributed by atoms with Crippen LogP contribution < -0.4 is 5.46 Å². The smallest absolute Gasteiger partial charge is 0.399 e. The van der Waals surface area contributed by atoms with Crippen molar-refractivity contribution in [2.75, 3.05) is 0 Å². The van der Waals surface area contributed by atoms with Gasteiger partial charge < -0.3 is 9.31 Å². The van der Waals surface area contributed by atoms with Crippen LogP contribution in [0.5, 0.6) is 0 Å². The van der Waals surface area contributed by atoms with Gasteiger partial charge in [-0.05, 0) is 40.7 Å². The zero-order valence-electron chi connectivity index (χ0n) is 11.9. The van der Waals surface area contributed by atoms with Crippen LogP contribution in [0.25, 0.3) is 0 Å². The summed E-state index contributed by atoms with van der Waals surface area (Å²) < 4.78 is 11.9. The van der Waals surface area contributed by atoms with E-state index in [9.17, 15) is 4.79 Å². The molecule has 1 fully saturated rings. The number of ketones is 1. The third-order valence-electron chi connectivity index (χ3n) is 3.92. The van der Waals surface area contributed by atoms with Crippen molar-refractivity contribution >= 4 is 30.0 Å². The molecule has 0 aliphatic carbocycles. The van der Waals surface area contributed by atoms with E-state index >= 15 is 0 Å². The molecule has 1 aromatic carbocycles. The van der Waals surface area contributed by atoms with E-state index < -0.39 is 18.3 Å². The number of carbonyl (C=O) groups is 1. The summed E-state index contributed by atoms with van der Waals surface area (Å²) in [5.74, 6) is -0.0489. The normalized spacial score (nSPS) is 20.6. The third kappa shape index (κ3) is 2.45. The summed E-state index contributed by atoms with van der Waals surface area (Å²) in [4.78, 5) is 11.7. The molecular weight excluding hydrogens is 262 g/mol. The molecule has 102 valence electrons. The van der Waals surface area contributed by atoms with Crippen LogP contribution >= 0.6 is 11.6 Å². The Kier molecular flexibility index (Phi) is 3.54. The van der Waals surface area contributed by atoms with E-state index in [4.69, 9.17) is 20.9 Å². The number of hydrogen-bond acceptors (Lipinski definition) is 3. The summed E-state index contributed by atoms with van der Waals surface area (Å²) in [6.07, 6.45) is 0. The minimum Gasteiger partial charge on any atom is -0.399 e. The van der Waals surface area contributed by atoms with E-state index in [0.717, 1.165) is 0 Å². The summed E-state index contributed by atoms with van der Waals surface area (Å²) in [5.41, 5.74) is 0.261. The maximum Gasteiger partial charge on any atom is 0.497 e. The lowest BCUT2D eigenvalue weighted by Gasteiger charge is -2.32. The Morgan fingerprint density at radius 1 is 1.16 bits per heavy atom. The van der Waals surface area contributed by atoms with Gasteiger partial charge in [0.1, 0.15) is 0 Å². The van der Waals surface area contributed by atoms with E-state index in [-0.39, 0.29) is 5.78 Å². The standard InChI is InChI=1S/C14H18BClO3/c1-9(17)10-7-6-8-11(16)12(10)15-18-13(2,3)14(4,5)19-15/h6-8H,1-5H3. The van der Waals surface area contributed by atoms with E-state index in [1.54, 1.807) is 18.2 Å². The number of rotatable bonds is 2. The van der Waals surface area contributed by atoms with Crippen molar-refractivity contribution in [3.8, 4) is 0 Å². The number of halogens is 1. The first-order valence-electron chi connectivity index (χ1n) is 6.31. The molecule has 0 radical (unpaired) electrons. The average Bonchev–Trinajstić information content (AvgIpc) is 2.47. The lowest BCUT2D eigenvalue weighted by atomic mass is 9.75. The van der Waals surface area contributed by atoms with Gasteiger partial charge in [-0.3, -0.25) is 4.79 Å². The molecule has 3 nitrogen and oxygen atoms in total. The fourth-order valence-corrected chi connectivity index (χ4v) is 2.31. The topological polar surface area (TPSA) is 35.5 Å². The fraction of sp³-hybridized carbons (Fsp3) is 0.500. The van der Waals surface area contributed by atoms with E-state index in [1.165, 1.54) is 6.92 Å². The highest BCUT2D eigenvalue weighted by molar-refractivity contribution is 6.67. The summed E-state index contributed by atoms with van der Waals surface area (Å²) in [7, 11) is -0.613. The zero-order chi connectivity index (χ0) is 14.4. The minimum absolute atomic E-state index is 0.0489. The Hall–Kier alpha value is -0.835. The van der Waals surface area contributed by atoms with Gasteiger partial charge in [0.25, 0.3) is 0 Å². The molecule has 0 amide bonds. The molecule has 1 heterocycles. The number of benzene rings is 1. The molecule has 1 saturated heterocycles. The van der Waals surface area contributed by atoms with Gasteiger partial charge in [-0.25, -0.2) is 0 Å². The molecule has 19 heavy (non-hydrogen) atoms. The van der Waals surface area contributed by atoms with E-state index in [1.807, 2.05) is 27.7 Å². The van der Waals surface area contributed by atoms with Crippen LogP contribution in [0, 0.1) is 0 Å². The summed E-state index contributed by atoms with van der Waals surface area (Å²) in [5, 5.41) is 0.492. The maximum atomic E-state index is 11.7. The summed E-state index contributed by atoms with van der Waals surface area (Å²) in [6, 6.07) is 5.25. The van der Waals surface area contributed by atoms with Crippen LogP contribution in [-0.4, -0.2) is 24.1 Å². The molecule has 0 unspecified atom stereocenters. The van der Waals surface area contributed by atoms with Crippen LogP contribution in [0.4, 0.5) is 0 Å². The van der Waals surface area contributed by atoms with Crippen LogP contribution in [0.3, 0.4) is 0 Å². The maximum absolute atomic E-state index is 11.7. The highest BCUT2D eigenvalue weighted by Gasteiger charge is 2.52. The van der Waals surface area contributed by atoms with Gasteiger partial charge in [0.05, 0.1) is 11.2 Å². The van der Waals surface area contributed by atoms with E-state index in [2.05, 4.69) is 0 Å². The second-order valence-corrected chi connectivity index (χ2v) is 6.25. The van der Waals surface area contributed by atoms with Crippen LogP contribution in [-0.2, 0) is 9.31 Å². The number of Topliss-reactive ketones (excluding diaryl/α,β-unsaturated/α-hetero) is 1. The van der Waals surface area contributed by atoms with Gasteiger partial charge in [-0.2, -0.15) is 0 Å². The predicted octanol–water partition coefficient (Wildman–Crippen LogP) is 2.84. The third-order valence-corrected chi connectivity index (χ3v) is 4.25. The van der Waals surface area contributed by atoms with Gasteiger partial charge in [0, 0.05) is 16.0 Å². The molecule has 2 rings (SSSR count). The zero-order valence-corrected chi connectivity index (χ0v) is 12.7. The second kappa shape index (κ2) is 4.62. The molecule has 0 bridgehead atoms. The number of hydrogen-bond donors (Lipinski definition) is 0. The Balaban J connectivity index is 2.48. The molecular formula is C14H18BClO3. The first-order chi connectivity index (χ1) is 8.66. The predicted molar refractivity (Wildman–Crippen MR) is 77.2 cm³/mol. The minimum atomic E-state index is -0.613. The van der Waals surface area contributed by atoms with Gasteiger partial charge in [-0.15, -0.1) is 0 Å². The molecule has 0 aromatic heterocycles. The number of carbonyl (C=O) groups excluding carboxylic acids is 1. The lowest BCUT2D eigenvalue weighted by Crippen LogP contribution is -2.41. The van der Waals surface area contributed by atoms with Crippen molar-refractivity contribution in [3.63, 3.8) is 0 Å². The Bertz CT molecular complexity index is 509. The first-order valence-corrected chi connectivity index (χ1v) is 6.68. The molecule has 1 aliphatic rings. The average molecular weight is 281 g/mol. The molecule has 0 spiro atoms. The van der Waals surface area contributed by atoms with Crippen molar-refractivity contribution < 1.29 is 14.1 Å². The van der Waals surface area contributed by atoms with Crippen molar-refractivity contribution in [1.29, 1.82) is 0 Å². The fourth-order valence-electron chi connectivity index (χ4n) is 2.04. The van der Waals surface area contributed by atoms with Crippen LogP contribution in [0.2, 0.25) is 5.02 Å². The molecule has 1 aromatic rings. The first kappa shape index (κ1) is 14.6. The summed E-state index contributed by atoms with van der Waals surface area (Å²) >= 11 is 6.23. The lowest BCUT2D eigenvalue weighted by molar-refractivity contribution is 0.00578. The quantitative estimate of drug-likeness (QED) is 0.617.